The van der Waals surface area contributed by atoms with Crippen LogP contribution in [0, 0.1) is 13.8 Å². The largest absolute Gasteiger partial charge is 0.355 e. The van der Waals surface area contributed by atoms with Crippen molar-refractivity contribution < 1.29 is 4.79 Å². The predicted octanol–water partition coefficient (Wildman–Crippen LogP) is 5.39. The van der Waals surface area contributed by atoms with Gasteiger partial charge in [-0.05, 0) is 74.2 Å². The van der Waals surface area contributed by atoms with Crippen LogP contribution in [0.1, 0.15) is 47.2 Å². The minimum atomic E-state index is -0.113. The van der Waals surface area contributed by atoms with Gasteiger partial charge in [-0.3, -0.25) is 4.79 Å². The van der Waals surface area contributed by atoms with Gasteiger partial charge in [0.1, 0.15) is 0 Å². The Morgan fingerprint density at radius 3 is 2.37 bits per heavy atom. The summed E-state index contributed by atoms with van der Waals surface area (Å²) in [5.41, 5.74) is 5.42. The fourth-order valence-corrected chi connectivity index (χ4v) is 3.79. The molecule has 1 aliphatic heterocycles. The van der Waals surface area contributed by atoms with Gasteiger partial charge in [0.25, 0.3) is 5.91 Å². The van der Waals surface area contributed by atoms with Crippen molar-refractivity contribution in [1.29, 1.82) is 0 Å². The van der Waals surface area contributed by atoms with Gasteiger partial charge in [-0.15, -0.1) is 10.2 Å². The summed E-state index contributed by atoms with van der Waals surface area (Å²) in [6.07, 6.45) is 5.02. The van der Waals surface area contributed by atoms with E-state index in [1.54, 1.807) is 0 Å². The van der Waals surface area contributed by atoms with Crippen molar-refractivity contribution in [3.8, 4) is 11.3 Å². The molecule has 0 atom stereocenters. The van der Waals surface area contributed by atoms with E-state index in [2.05, 4.69) is 20.4 Å². The molecule has 0 unspecified atom stereocenters. The lowest BCUT2D eigenvalue weighted by atomic mass is 10.1. The third kappa shape index (κ3) is 4.67. The highest BCUT2D eigenvalue weighted by atomic mass is 16.1. The molecule has 30 heavy (non-hydrogen) atoms. The van der Waals surface area contributed by atoms with Crippen LogP contribution in [0.5, 0.6) is 0 Å². The van der Waals surface area contributed by atoms with Gasteiger partial charge in [0.05, 0.1) is 5.69 Å². The van der Waals surface area contributed by atoms with Gasteiger partial charge in [-0.1, -0.05) is 31.0 Å². The molecular weight excluding hydrogens is 372 g/mol. The zero-order valence-electron chi connectivity index (χ0n) is 17.7. The first-order chi connectivity index (χ1) is 14.6. The highest BCUT2D eigenvalue weighted by Gasteiger charge is 2.12. The van der Waals surface area contributed by atoms with Crippen LogP contribution in [0.3, 0.4) is 0 Å². The van der Waals surface area contributed by atoms with Crippen LogP contribution in [0.2, 0.25) is 0 Å². The molecule has 1 N–H and O–H groups in total. The summed E-state index contributed by atoms with van der Waals surface area (Å²) in [5.74, 6) is 0.831. The standard InChI is InChI=1S/C25H28N4O/c1-18-10-11-21(16-19(18)2)25(30)26-22-9-7-8-20(17-22)23-12-13-24(28-27-23)29-14-5-3-4-6-15-29/h7-13,16-17H,3-6,14-15H2,1-2H3,(H,26,30). The summed E-state index contributed by atoms with van der Waals surface area (Å²) in [7, 11) is 0. The molecule has 3 aromatic rings. The quantitative estimate of drug-likeness (QED) is 0.638. The number of rotatable bonds is 4. The van der Waals surface area contributed by atoms with E-state index >= 15 is 0 Å². The van der Waals surface area contributed by atoms with E-state index in [4.69, 9.17) is 0 Å². The van der Waals surface area contributed by atoms with Crippen LogP contribution in [-0.2, 0) is 0 Å². The van der Waals surface area contributed by atoms with Crippen LogP contribution in [0.4, 0.5) is 11.5 Å². The van der Waals surface area contributed by atoms with Crippen LogP contribution in [0.25, 0.3) is 11.3 Å². The summed E-state index contributed by atoms with van der Waals surface area (Å²) in [6, 6.07) is 17.6. The highest BCUT2D eigenvalue weighted by molar-refractivity contribution is 6.04. The SMILES string of the molecule is Cc1ccc(C(=O)Nc2cccc(-c3ccc(N4CCCCCC4)nn3)c2)cc1C. The number of anilines is 2. The second-order valence-electron chi connectivity index (χ2n) is 8.01. The van der Waals surface area contributed by atoms with Gasteiger partial charge in [0.15, 0.2) is 5.82 Å². The van der Waals surface area contributed by atoms with Gasteiger partial charge in [0, 0.05) is 29.9 Å². The first-order valence-corrected chi connectivity index (χ1v) is 10.7. The Morgan fingerprint density at radius 1 is 0.867 bits per heavy atom. The molecule has 5 nitrogen and oxygen atoms in total. The molecule has 1 saturated heterocycles. The van der Waals surface area contributed by atoms with Gasteiger partial charge >= 0.3 is 0 Å². The minimum absolute atomic E-state index is 0.113. The molecule has 1 aliphatic rings. The summed E-state index contributed by atoms with van der Waals surface area (Å²) < 4.78 is 0. The second-order valence-corrected chi connectivity index (χ2v) is 8.01. The Labute approximate surface area is 178 Å². The van der Waals surface area contributed by atoms with Gasteiger partial charge in [0.2, 0.25) is 0 Å². The van der Waals surface area contributed by atoms with Crippen molar-refractivity contribution in [3.63, 3.8) is 0 Å². The molecule has 1 fully saturated rings. The number of carbonyl (C=O) groups is 1. The van der Waals surface area contributed by atoms with E-state index in [1.807, 2.05) is 68.4 Å². The van der Waals surface area contributed by atoms with Crippen molar-refractivity contribution in [3.05, 3.63) is 71.3 Å². The summed E-state index contributed by atoms with van der Waals surface area (Å²) in [4.78, 5) is 15.0. The second kappa shape index (κ2) is 9.08. The number of hydrogen-bond acceptors (Lipinski definition) is 4. The maximum Gasteiger partial charge on any atom is 0.255 e. The average Bonchev–Trinajstić information content (AvgIpc) is 3.05. The summed E-state index contributed by atoms with van der Waals surface area (Å²) >= 11 is 0. The first kappa shape index (κ1) is 20.1. The third-order valence-corrected chi connectivity index (χ3v) is 5.77. The molecule has 2 aromatic carbocycles. The normalized spacial score (nSPS) is 14.3. The predicted molar refractivity (Wildman–Crippen MR) is 122 cm³/mol. The zero-order valence-corrected chi connectivity index (χ0v) is 17.7. The molecule has 2 heterocycles. The molecule has 154 valence electrons. The van der Waals surface area contributed by atoms with E-state index in [9.17, 15) is 4.79 Å². The molecule has 0 aliphatic carbocycles. The molecule has 0 bridgehead atoms. The van der Waals surface area contributed by atoms with Gasteiger partial charge in [-0.2, -0.15) is 0 Å². The topological polar surface area (TPSA) is 58.1 Å². The van der Waals surface area contributed by atoms with E-state index in [0.29, 0.717) is 5.56 Å². The first-order valence-electron chi connectivity index (χ1n) is 10.7. The molecule has 5 heteroatoms. The molecule has 1 amide bonds. The lowest BCUT2D eigenvalue weighted by molar-refractivity contribution is 0.102. The van der Waals surface area contributed by atoms with Crippen molar-refractivity contribution >= 4 is 17.4 Å². The van der Waals surface area contributed by atoms with Crippen molar-refractivity contribution in [2.24, 2.45) is 0 Å². The number of aryl methyl sites for hydroxylation is 2. The molecule has 0 radical (unpaired) electrons. The maximum absolute atomic E-state index is 12.6. The molecule has 4 rings (SSSR count). The number of nitrogens with one attached hydrogen (secondary N) is 1. The van der Waals surface area contributed by atoms with Crippen molar-refractivity contribution in [1.82, 2.24) is 10.2 Å². The fourth-order valence-electron chi connectivity index (χ4n) is 3.79. The van der Waals surface area contributed by atoms with Crippen LogP contribution < -0.4 is 10.2 Å². The van der Waals surface area contributed by atoms with E-state index in [1.165, 1.54) is 31.2 Å². The Morgan fingerprint density at radius 2 is 1.67 bits per heavy atom. The summed E-state index contributed by atoms with van der Waals surface area (Å²) in [5, 5.41) is 11.9. The molecule has 0 spiro atoms. The summed E-state index contributed by atoms with van der Waals surface area (Å²) in [6.45, 7) is 6.16. The van der Waals surface area contributed by atoms with Gasteiger partial charge < -0.3 is 10.2 Å². The smallest absolute Gasteiger partial charge is 0.255 e. The van der Waals surface area contributed by atoms with Crippen LogP contribution in [0.15, 0.2) is 54.6 Å². The van der Waals surface area contributed by atoms with E-state index in [0.717, 1.165) is 41.4 Å². The number of benzene rings is 2. The Kier molecular flexibility index (Phi) is 6.07. The Hall–Kier alpha value is -3.21. The number of hydrogen-bond donors (Lipinski definition) is 1. The number of amides is 1. The number of carbonyl (C=O) groups excluding carboxylic acids is 1. The monoisotopic (exact) mass is 400 g/mol. The number of aromatic nitrogens is 2. The van der Waals surface area contributed by atoms with Gasteiger partial charge in [-0.25, -0.2) is 0 Å². The highest BCUT2D eigenvalue weighted by Crippen LogP contribution is 2.23. The minimum Gasteiger partial charge on any atom is -0.355 e. The van der Waals surface area contributed by atoms with Crippen LogP contribution >= 0.6 is 0 Å². The lowest BCUT2D eigenvalue weighted by Gasteiger charge is -2.20. The van der Waals surface area contributed by atoms with Crippen molar-refractivity contribution in [2.45, 2.75) is 39.5 Å². The Balaban J connectivity index is 1.48. The van der Waals surface area contributed by atoms with Crippen LogP contribution in [-0.4, -0.2) is 29.2 Å². The zero-order chi connectivity index (χ0) is 20.9. The number of nitrogens with zero attached hydrogens (tertiary/aromatic N) is 3. The maximum atomic E-state index is 12.6. The fraction of sp³-hybridized carbons (Fsp3) is 0.320. The molecule has 0 saturated carbocycles. The lowest BCUT2D eigenvalue weighted by Crippen LogP contribution is -2.25. The van der Waals surface area contributed by atoms with E-state index < -0.39 is 0 Å². The third-order valence-electron chi connectivity index (χ3n) is 5.77. The average molecular weight is 401 g/mol. The Bertz CT molecular complexity index is 1020. The molecule has 1 aromatic heterocycles. The van der Waals surface area contributed by atoms with Crippen molar-refractivity contribution in [2.75, 3.05) is 23.3 Å². The van der Waals surface area contributed by atoms with E-state index in [-0.39, 0.29) is 5.91 Å². The molecular formula is C25H28N4O.